The Balaban J connectivity index is 1.20. The van der Waals surface area contributed by atoms with Gasteiger partial charge in [0.1, 0.15) is 11.4 Å². The van der Waals surface area contributed by atoms with Crippen molar-refractivity contribution in [2.45, 2.75) is 64.1 Å². The Morgan fingerprint density at radius 1 is 1.07 bits per heavy atom. The number of thiazole rings is 1. The number of nitrogens with one attached hydrogen (secondary N) is 1. The van der Waals surface area contributed by atoms with E-state index in [9.17, 15) is 9.59 Å². The Morgan fingerprint density at radius 3 is 2.59 bits per heavy atom. The second kappa shape index (κ2) is 10.7. The van der Waals surface area contributed by atoms with Crippen LogP contribution in [0.2, 0.25) is 0 Å². The number of nitrogens with zero attached hydrogens (tertiary/aromatic N) is 4. The lowest BCUT2D eigenvalue weighted by molar-refractivity contribution is 0.0224. The van der Waals surface area contributed by atoms with Gasteiger partial charge in [-0.3, -0.25) is 9.20 Å². The number of halogens is 1. The van der Waals surface area contributed by atoms with E-state index in [4.69, 9.17) is 9.72 Å². The maximum absolute atomic E-state index is 15.5. The minimum atomic E-state index is -0.585. The summed E-state index contributed by atoms with van der Waals surface area (Å²) in [5.41, 5.74) is 2.69. The molecule has 4 heterocycles. The number of imidazole rings is 1. The highest BCUT2D eigenvalue weighted by Crippen LogP contribution is 2.36. The maximum Gasteiger partial charge on any atom is 0.410 e. The van der Waals surface area contributed by atoms with E-state index in [0.717, 1.165) is 59.5 Å². The van der Waals surface area contributed by atoms with Crippen LogP contribution in [0, 0.1) is 5.82 Å². The number of hydrogen-bond acceptors (Lipinski definition) is 6. The van der Waals surface area contributed by atoms with Gasteiger partial charge in [0.2, 0.25) is 0 Å². The van der Waals surface area contributed by atoms with Crippen LogP contribution in [-0.4, -0.2) is 69.5 Å². The zero-order chi connectivity index (χ0) is 28.9. The summed E-state index contributed by atoms with van der Waals surface area (Å²) >= 11 is 1.48. The minimum absolute atomic E-state index is 0.0529. The van der Waals surface area contributed by atoms with Crippen LogP contribution in [0.4, 0.5) is 9.18 Å². The molecule has 2 aromatic carbocycles. The summed E-state index contributed by atoms with van der Waals surface area (Å²) in [5, 5.41) is 3.17. The number of likely N-dealkylation sites (tertiary alicyclic amines) is 2. The fraction of sp³-hybridized carbons (Fsp3) is 0.452. The molecule has 1 N–H and O–H groups in total. The zero-order valence-corrected chi connectivity index (χ0v) is 24.8. The number of carbonyl (C=O) groups is 2. The summed E-state index contributed by atoms with van der Waals surface area (Å²) in [5.74, 6) is -0.427. The van der Waals surface area contributed by atoms with Crippen molar-refractivity contribution in [3.05, 3.63) is 59.5 Å². The lowest BCUT2D eigenvalue weighted by atomic mass is 10.0. The Morgan fingerprint density at radius 2 is 1.85 bits per heavy atom. The topological polar surface area (TPSA) is 79.2 Å². The molecule has 0 radical (unpaired) electrons. The van der Waals surface area contributed by atoms with Gasteiger partial charge in [0.05, 0.1) is 22.0 Å². The lowest BCUT2D eigenvalue weighted by Crippen LogP contribution is -2.43. The molecule has 0 bridgehead atoms. The number of rotatable bonds is 4. The van der Waals surface area contributed by atoms with Crippen LogP contribution in [0.5, 0.6) is 0 Å². The molecule has 216 valence electrons. The first-order valence-corrected chi connectivity index (χ1v) is 15.1. The first kappa shape index (κ1) is 27.7. The van der Waals surface area contributed by atoms with E-state index in [1.165, 1.54) is 17.4 Å². The fourth-order valence-corrected chi connectivity index (χ4v) is 6.84. The minimum Gasteiger partial charge on any atom is -0.444 e. The van der Waals surface area contributed by atoms with E-state index >= 15 is 4.39 Å². The second-order valence-electron chi connectivity index (χ2n) is 12.2. The second-order valence-corrected chi connectivity index (χ2v) is 13.2. The predicted octanol–water partition coefficient (Wildman–Crippen LogP) is 6.25. The number of ether oxygens (including phenoxy) is 1. The molecule has 4 aromatic rings. The Kier molecular flexibility index (Phi) is 7.23. The first-order valence-electron chi connectivity index (χ1n) is 14.3. The standard InChI is InChI=1S/C31H36FN5O3S/c1-31(2,3)40-30(39)36-13-5-6-25(36)19-7-9-22(23(32)16-19)24-18-37-26-10-8-20(17-27(26)41-29(37)34-24)28(38)33-21-11-14-35(4)15-12-21/h7-10,16-18,21,25H,5-6,11-15H2,1-4H3,(H,33,38)/t25-/m1/s1. The molecule has 6 rings (SSSR count). The summed E-state index contributed by atoms with van der Waals surface area (Å²) in [7, 11) is 2.10. The van der Waals surface area contributed by atoms with Crippen LogP contribution in [0.25, 0.3) is 26.4 Å². The number of piperidine rings is 1. The van der Waals surface area contributed by atoms with Crippen LogP contribution in [0.3, 0.4) is 0 Å². The van der Waals surface area contributed by atoms with Crippen LogP contribution < -0.4 is 5.32 Å². The SMILES string of the molecule is CN1CCC(NC(=O)c2ccc3c(c2)sc2nc(-c4ccc([C@H]5CCCN5C(=O)OC(C)(C)C)cc4F)cn23)CC1. The van der Waals surface area contributed by atoms with Crippen LogP contribution in [-0.2, 0) is 4.74 Å². The van der Waals surface area contributed by atoms with Gasteiger partial charge < -0.3 is 19.9 Å². The fourth-order valence-electron chi connectivity index (χ4n) is 5.79. The third-order valence-corrected chi connectivity index (χ3v) is 8.96. The van der Waals surface area contributed by atoms with E-state index in [2.05, 4.69) is 17.3 Å². The summed E-state index contributed by atoms with van der Waals surface area (Å²) in [6, 6.07) is 10.8. The van der Waals surface area contributed by atoms with Crippen molar-refractivity contribution in [3.8, 4) is 11.3 Å². The quantitative estimate of drug-likeness (QED) is 0.310. The number of hydrogen-bond donors (Lipinski definition) is 1. The van der Waals surface area contributed by atoms with Gasteiger partial charge in [-0.2, -0.15) is 0 Å². The van der Waals surface area contributed by atoms with E-state index in [-0.39, 0.29) is 29.9 Å². The summed E-state index contributed by atoms with van der Waals surface area (Å²) in [4.78, 5) is 35.1. The number of aromatic nitrogens is 2. The third kappa shape index (κ3) is 5.67. The largest absolute Gasteiger partial charge is 0.444 e. The normalized spacial score (nSPS) is 18.9. The number of fused-ring (bicyclic) bond motifs is 3. The molecule has 2 aliphatic heterocycles. The van der Waals surface area contributed by atoms with Gasteiger partial charge in [0.15, 0.2) is 4.96 Å². The maximum atomic E-state index is 15.5. The number of carbonyl (C=O) groups excluding carboxylic acids is 2. The monoisotopic (exact) mass is 577 g/mol. The molecule has 2 fully saturated rings. The summed E-state index contributed by atoms with van der Waals surface area (Å²) in [6.45, 7) is 8.10. The third-order valence-electron chi connectivity index (χ3n) is 7.94. The van der Waals surface area contributed by atoms with Gasteiger partial charge in [0.25, 0.3) is 5.91 Å². The van der Waals surface area contributed by atoms with Gasteiger partial charge in [-0.15, -0.1) is 0 Å². The molecular formula is C31H36FN5O3S. The average Bonchev–Trinajstić information content (AvgIpc) is 3.63. The highest BCUT2D eigenvalue weighted by molar-refractivity contribution is 7.23. The molecule has 0 saturated carbocycles. The van der Waals surface area contributed by atoms with Crippen molar-refractivity contribution in [3.63, 3.8) is 0 Å². The van der Waals surface area contributed by atoms with Gasteiger partial charge in [-0.05, 0) is 102 Å². The van der Waals surface area contributed by atoms with Crippen molar-refractivity contribution < 1.29 is 18.7 Å². The van der Waals surface area contributed by atoms with E-state index < -0.39 is 5.60 Å². The van der Waals surface area contributed by atoms with E-state index in [0.29, 0.717) is 23.4 Å². The number of benzene rings is 2. The highest BCUT2D eigenvalue weighted by Gasteiger charge is 2.33. The molecule has 41 heavy (non-hydrogen) atoms. The van der Waals surface area contributed by atoms with E-state index in [1.807, 2.05) is 55.6 Å². The first-order chi connectivity index (χ1) is 19.6. The van der Waals surface area contributed by atoms with Crippen molar-refractivity contribution in [2.75, 3.05) is 26.7 Å². The van der Waals surface area contributed by atoms with Crippen molar-refractivity contribution in [1.82, 2.24) is 24.5 Å². The van der Waals surface area contributed by atoms with Crippen LogP contribution >= 0.6 is 11.3 Å². The predicted molar refractivity (Wildman–Crippen MR) is 159 cm³/mol. The lowest BCUT2D eigenvalue weighted by Gasteiger charge is -2.29. The van der Waals surface area contributed by atoms with Gasteiger partial charge in [0, 0.05) is 29.9 Å². The Hall–Kier alpha value is -3.50. The summed E-state index contributed by atoms with van der Waals surface area (Å²) < 4.78 is 23.9. The van der Waals surface area contributed by atoms with Crippen molar-refractivity contribution in [1.29, 1.82) is 0 Å². The Labute approximate surface area is 243 Å². The molecule has 2 amide bonds. The molecule has 2 aliphatic rings. The van der Waals surface area contributed by atoms with Crippen LogP contribution in [0.1, 0.15) is 68.4 Å². The Bertz CT molecular complexity index is 1620. The molecule has 0 unspecified atom stereocenters. The smallest absolute Gasteiger partial charge is 0.410 e. The average molecular weight is 578 g/mol. The van der Waals surface area contributed by atoms with Crippen molar-refractivity contribution in [2.24, 2.45) is 0 Å². The van der Waals surface area contributed by atoms with Gasteiger partial charge in [-0.1, -0.05) is 17.4 Å². The number of amides is 2. The highest BCUT2D eigenvalue weighted by atomic mass is 32.1. The van der Waals surface area contributed by atoms with Gasteiger partial charge >= 0.3 is 6.09 Å². The molecule has 1 atom stereocenters. The molecule has 0 spiro atoms. The van der Waals surface area contributed by atoms with Gasteiger partial charge in [-0.25, -0.2) is 14.2 Å². The van der Waals surface area contributed by atoms with Crippen molar-refractivity contribution >= 4 is 38.5 Å². The van der Waals surface area contributed by atoms with Crippen LogP contribution in [0.15, 0.2) is 42.6 Å². The summed E-state index contributed by atoms with van der Waals surface area (Å²) in [6.07, 6.45) is 5.00. The molecule has 2 aromatic heterocycles. The molecule has 0 aliphatic carbocycles. The molecular weight excluding hydrogens is 541 g/mol. The molecule has 10 heteroatoms. The molecule has 8 nitrogen and oxygen atoms in total. The van der Waals surface area contributed by atoms with E-state index in [1.54, 1.807) is 11.0 Å². The zero-order valence-electron chi connectivity index (χ0n) is 23.9. The molecule has 2 saturated heterocycles.